The van der Waals surface area contributed by atoms with Crippen LogP contribution in [0.3, 0.4) is 0 Å². The second kappa shape index (κ2) is 6.34. The van der Waals surface area contributed by atoms with Gasteiger partial charge in [-0.15, -0.1) is 0 Å². The highest BCUT2D eigenvalue weighted by Crippen LogP contribution is 2.20. The van der Waals surface area contributed by atoms with Gasteiger partial charge in [0.15, 0.2) is 12.2 Å². The molecule has 1 amide bonds. The predicted molar refractivity (Wildman–Crippen MR) is 78.0 cm³/mol. The number of anilines is 1. The number of nitrogens with one attached hydrogen (secondary N) is 1. The summed E-state index contributed by atoms with van der Waals surface area (Å²) in [7, 11) is 0. The molecular formula is C15H19N3O2. The SMILES string of the molecule is CC(C)C(N)CC(=O)Nc1ccc(-c2cnco2)cc1. The number of rotatable bonds is 5. The van der Waals surface area contributed by atoms with Crippen molar-refractivity contribution in [3.05, 3.63) is 36.9 Å². The van der Waals surface area contributed by atoms with Gasteiger partial charge in [0, 0.05) is 23.7 Å². The molecule has 106 valence electrons. The molecule has 2 rings (SSSR count). The molecule has 1 aromatic heterocycles. The largest absolute Gasteiger partial charge is 0.444 e. The molecule has 0 saturated carbocycles. The lowest BCUT2D eigenvalue weighted by atomic mass is 10.0. The first-order chi connectivity index (χ1) is 9.56. The maximum Gasteiger partial charge on any atom is 0.225 e. The Morgan fingerprint density at radius 1 is 1.35 bits per heavy atom. The van der Waals surface area contributed by atoms with Crippen molar-refractivity contribution in [2.75, 3.05) is 5.32 Å². The Morgan fingerprint density at radius 2 is 2.05 bits per heavy atom. The molecule has 20 heavy (non-hydrogen) atoms. The monoisotopic (exact) mass is 273 g/mol. The van der Waals surface area contributed by atoms with Crippen molar-refractivity contribution in [2.45, 2.75) is 26.3 Å². The molecule has 1 atom stereocenters. The summed E-state index contributed by atoms with van der Waals surface area (Å²) >= 11 is 0. The minimum absolute atomic E-state index is 0.0707. The van der Waals surface area contributed by atoms with Crippen LogP contribution in [-0.4, -0.2) is 16.9 Å². The Labute approximate surface area is 118 Å². The van der Waals surface area contributed by atoms with Crippen LogP contribution in [-0.2, 0) is 4.79 Å². The van der Waals surface area contributed by atoms with Crippen LogP contribution in [0.1, 0.15) is 20.3 Å². The number of benzene rings is 1. The highest BCUT2D eigenvalue weighted by Gasteiger charge is 2.13. The van der Waals surface area contributed by atoms with E-state index in [1.54, 1.807) is 6.20 Å². The Morgan fingerprint density at radius 3 is 2.60 bits per heavy atom. The molecule has 0 aliphatic rings. The maximum atomic E-state index is 11.8. The Balaban J connectivity index is 1.95. The molecule has 0 saturated heterocycles. The minimum atomic E-state index is -0.122. The van der Waals surface area contributed by atoms with Gasteiger partial charge in [0.05, 0.1) is 6.20 Å². The van der Waals surface area contributed by atoms with Crippen LogP contribution >= 0.6 is 0 Å². The van der Waals surface area contributed by atoms with Crippen molar-refractivity contribution in [1.82, 2.24) is 4.98 Å². The first-order valence-corrected chi connectivity index (χ1v) is 6.60. The molecule has 0 fully saturated rings. The van der Waals surface area contributed by atoms with Gasteiger partial charge in [-0.3, -0.25) is 4.79 Å². The summed E-state index contributed by atoms with van der Waals surface area (Å²) in [5.41, 5.74) is 7.54. The van der Waals surface area contributed by atoms with Crippen molar-refractivity contribution >= 4 is 11.6 Å². The van der Waals surface area contributed by atoms with Crippen molar-refractivity contribution < 1.29 is 9.21 Å². The molecule has 0 aliphatic carbocycles. The number of amides is 1. The van der Waals surface area contributed by atoms with Gasteiger partial charge in [-0.25, -0.2) is 4.98 Å². The minimum Gasteiger partial charge on any atom is -0.444 e. The molecule has 1 unspecified atom stereocenters. The van der Waals surface area contributed by atoms with Crippen LogP contribution in [0.4, 0.5) is 5.69 Å². The molecule has 3 N–H and O–H groups in total. The van der Waals surface area contributed by atoms with E-state index in [9.17, 15) is 4.79 Å². The van der Waals surface area contributed by atoms with Crippen LogP contribution in [0.5, 0.6) is 0 Å². The van der Waals surface area contributed by atoms with Crippen LogP contribution in [0.25, 0.3) is 11.3 Å². The summed E-state index contributed by atoms with van der Waals surface area (Å²) in [5, 5.41) is 2.84. The molecular weight excluding hydrogens is 254 g/mol. The van der Waals surface area contributed by atoms with E-state index < -0.39 is 0 Å². The van der Waals surface area contributed by atoms with E-state index in [-0.39, 0.29) is 17.9 Å². The molecule has 0 spiro atoms. The summed E-state index contributed by atoms with van der Waals surface area (Å²) in [5.74, 6) is 0.915. The van der Waals surface area contributed by atoms with Gasteiger partial charge in [-0.1, -0.05) is 13.8 Å². The summed E-state index contributed by atoms with van der Waals surface area (Å²) in [6, 6.07) is 7.29. The second-order valence-electron chi connectivity index (χ2n) is 5.10. The number of hydrogen-bond acceptors (Lipinski definition) is 4. The Bertz CT molecular complexity index is 547. The standard InChI is InChI=1S/C15H19N3O2/c1-10(2)13(16)7-15(19)18-12-5-3-11(4-6-12)14-8-17-9-20-14/h3-6,8-10,13H,7,16H2,1-2H3,(H,18,19). The molecule has 1 aromatic carbocycles. The zero-order chi connectivity index (χ0) is 14.5. The fourth-order valence-corrected chi connectivity index (χ4v) is 1.74. The highest BCUT2D eigenvalue weighted by atomic mass is 16.3. The Kier molecular flexibility index (Phi) is 4.53. The quantitative estimate of drug-likeness (QED) is 0.877. The van der Waals surface area contributed by atoms with Crippen molar-refractivity contribution in [3.8, 4) is 11.3 Å². The Hall–Kier alpha value is -2.14. The summed E-state index contributed by atoms with van der Waals surface area (Å²) < 4.78 is 5.20. The lowest BCUT2D eigenvalue weighted by molar-refractivity contribution is -0.116. The van der Waals surface area contributed by atoms with E-state index in [1.165, 1.54) is 6.39 Å². The number of hydrogen-bond donors (Lipinski definition) is 2. The number of carbonyl (C=O) groups excluding carboxylic acids is 1. The molecule has 5 heteroatoms. The van der Waals surface area contributed by atoms with E-state index in [1.807, 2.05) is 38.1 Å². The van der Waals surface area contributed by atoms with Crippen LogP contribution in [0.15, 0.2) is 41.3 Å². The topological polar surface area (TPSA) is 81.2 Å². The second-order valence-corrected chi connectivity index (χ2v) is 5.10. The third-order valence-corrected chi connectivity index (χ3v) is 3.16. The average molecular weight is 273 g/mol. The van der Waals surface area contributed by atoms with E-state index in [2.05, 4.69) is 10.3 Å². The smallest absolute Gasteiger partial charge is 0.225 e. The van der Waals surface area contributed by atoms with Gasteiger partial charge >= 0.3 is 0 Å². The predicted octanol–water partition coefficient (Wildman–Crippen LogP) is 2.65. The third kappa shape index (κ3) is 3.68. The number of oxazole rings is 1. The van der Waals surface area contributed by atoms with Gasteiger partial charge in [0.2, 0.25) is 5.91 Å². The highest BCUT2D eigenvalue weighted by molar-refractivity contribution is 5.91. The van der Waals surface area contributed by atoms with Gasteiger partial charge in [0.1, 0.15) is 0 Å². The van der Waals surface area contributed by atoms with Crippen LogP contribution in [0.2, 0.25) is 0 Å². The number of nitrogens with two attached hydrogens (primary N) is 1. The van der Waals surface area contributed by atoms with Crippen molar-refractivity contribution in [3.63, 3.8) is 0 Å². The van der Waals surface area contributed by atoms with E-state index in [0.717, 1.165) is 11.3 Å². The lowest BCUT2D eigenvalue weighted by Gasteiger charge is -2.15. The molecule has 1 heterocycles. The number of nitrogens with zero attached hydrogens (tertiary/aromatic N) is 1. The number of carbonyl (C=O) groups is 1. The molecule has 0 bridgehead atoms. The van der Waals surface area contributed by atoms with Gasteiger partial charge < -0.3 is 15.5 Å². The summed E-state index contributed by atoms with van der Waals surface area (Å²) in [4.78, 5) is 15.7. The molecule has 5 nitrogen and oxygen atoms in total. The fraction of sp³-hybridized carbons (Fsp3) is 0.333. The summed E-state index contributed by atoms with van der Waals surface area (Å²) in [6.07, 6.45) is 3.36. The maximum absolute atomic E-state index is 11.8. The molecule has 0 aliphatic heterocycles. The van der Waals surface area contributed by atoms with Crippen LogP contribution in [0, 0.1) is 5.92 Å². The van der Waals surface area contributed by atoms with Crippen molar-refractivity contribution in [2.24, 2.45) is 11.7 Å². The van der Waals surface area contributed by atoms with Crippen molar-refractivity contribution in [1.29, 1.82) is 0 Å². The van der Waals surface area contributed by atoms with Gasteiger partial charge in [-0.2, -0.15) is 0 Å². The average Bonchev–Trinajstić information content (AvgIpc) is 2.93. The van der Waals surface area contributed by atoms with E-state index in [4.69, 9.17) is 10.2 Å². The normalized spacial score (nSPS) is 12.4. The molecule has 0 radical (unpaired) electrons. The van der Waals surface area contributed by atoms with Gasteiger partial charge in [0.25, 0.3) is 0 Å². The van der Waals surface area contributed by atoms with Crippen LogP contribution < -0.4 is 11.1 Å². The zero-order valence-electron chi connectivity index (χ0n) is 11.7. The van der Waals surface area contributed by atoms with Gasteiger partial charge in [-0.05, 0) is 30.2 Å². The first-order valence-electron chi connectivity index (χ1n) is 6.60. The molecule has 2 aromatic rings. The summed E-state index contributed by atoms with van der Waals surface area (Å²) in [6.45, 7) is 4.01. The third-order valence-electron chi connectivity index (χ3n) is 3.16. The van der Waals surface area contributed by atoms with E-state index >= 15 is 0 Å². The first kappa shape index (κ1) is 14.3. The number of aromatic nitrogens is 1. The fourth-order valence-electron chi connectivity index (χ4n) is 1.74. The zero-order valence-corrected chi connectivity index (χ0v) is 11.7. The van der Waals surface area contributed by atoms with E-state index in [0.29, 0.717) is 12.2 Å². The lowest BCUT2D eigenvalue weighted by Crippen LogP contribution is -2.31.